The van der Waals surface area contributed by atoms with Crippen molar-refractivity contribution < 1.29 is 0 Å². The van der Waals surface area contributed by atoms with Gasteiger partial charge in [0.15, 0.2) is 0 Å². The average Bonchev–Trinajstić information content (AvgIpc) is 2.02. The van der Waals surface area contributed by atoms with E-state index in [-0.39, 0.29) is 0 Å². The number of allylic oxidation sites excluding steroid dienone is 4. The first-order valence-electron chi connectivity index (χ1n) is 4.78. The van der Waals surface area contributed by atoms with E-state index in [9.17, 15) is 0 Å². The van der Waals surface area contributed by atoms with Crippen LogP contribution < -0.4 is 5.32 Å². The molecule has 66 valence electrons. The molecular weight excluding hydrogens is 146 g/mol. The van der Waals surface area contributed by atoms with Gasteiger partial charge in [-0.3, -0.25) is 0 Å². The van der Waals surface area contributed by atoms with E-state index >= 15 is 0 Å². The molecule has 1 aliphatic heterocycles. The number of nitrogens with one attached hydrogen (secondary N) is 1. The normalized spacial score (nSPS) is 31.8. The van der Waals surface area contributed by atoms with Crippen molar-refractivity contribution in [1.29, 1.82) is 0 Å². The van der Waals surface area contributed by atoms with Gasteiger partial charge in [-0.15, -0.1) is 0 Å². The SMILES string of the molecule is CC1(C)CNC2=CC=CCC2C1. The molecule has 0 aromatic heterocycles. The van der Waals surface area contributed by atoms with Crippen molar-refractivity contribution in [2.24, 2.45) is 11.3 Å². The molecule has 1 unspecified atom stereocenters. The van der Waals surface area contributed by atoms with Crippen molar-refractivity contribution >= 4 is 0 Å². The molecule has 2 aliphatic rings. The summed E-state index contributed by atoms with van der Waals surface area (Å²) in [4.78, 5) is 0. The Labute approximate surface area is 74.5 Å². The molecule has 1 atom stereocenters. The molecule has 1 heterocycles. The molecule has 1 fully saturated rings. The van der Waals surface area contributed by atoms with Crippen molar-refractivity contribution in [2.75, 3.05) is 6.54 Å². The van der Waals surface area contributed by atoms with Crippen molar-refractivity contribution in [3.8, 4) is 0 Å². The number of hydrogen-bond acceptors (Lipinski definition) is 1. The van der Waals surface area contributed by atoms with Gasteiger partial charge in [-0.25, -0.2) is 0 Å². The van der Waals surface area contributed by atoms with Crippen LogP contribution in [0.2, 0.25) is 0 Å². The fourth-order valence-corrected chi connectivity index (χ4v) is 2.15. The van der Waals surface area contributed by atoms with Gasteiger partial charge in [0.25, 0.3) is 0 Å². The third kappa shape index (κ3) is 1.40. The van der Waals surface area contributed by atoms with E-state index in [1.54, 1.807) is 0 Å². The highest BCUT2D eigenvalue weighted by molar-refractivity contribution is 5.22. The van der Waals surface area contributed by atoms with Gasteiger partial charge >= 0.3 is 0 Å². The predicted octanol–water partition coefficient (Wildman–Crippen LogP) is 2.47. The monoisotopic (exact) mass is 163 g/mol. The largest absolute Gasteiger partial charge is 0.388 e. The van der Waals surface area contributed by atoms with Crippen molar-refractivity contribution in [3.05, 3.63) is 23.9 Å². The molecule has 0 aromatic rings. The third-order valence-electron chi connectivity index (χ3n) is 2.84. The molecule has 1 aliphatic carbocycles. The molecule has 0 spiro atoms. The molecule has 1 saturated heterocycles. The van der Waals surface area contributed by atoms with E-state index in [0.717, 1.165) is 12.5 Å². The predicted molar refractivity (Wildman–Crippen MR) is 51.7 cm³/mol. The summed E-state index contributed by atoms with van der Waals surface area (Å²) in [5, 5.41) is 3.52. The van der Waals surface area contributed by atoms with Crippen LogP contribution in [0, 0.1) is 11.3 Å². The van der Waals surface area contributed by atoms with Gasteiger partial charge in [-0.1, -0.05) is 26.0 Å². The first-order valence-corrected chi connectivity index (χ1v) is 4.78. The van der Waals surface area contributed by atoms with Crippen LogP contribution >= 0.6 is 0 Å². The molecule has 1 heteroatoms. The fraction of sp³-hybridized carbons (Fsp3) is 0.636. The Hall–Kier alpha value is -0.720. The Morgan fingerprint density at radius 3 is 3.17 bits per heavy atom. The van der Waals surface area contributed by atoms with E-state index in [1.807, 2.05) is 0 Å². The molecule has 0 amide bonds. The molecular formula is C11H17N. The van der Waals surface area contributed by atoms with E-state index in [4.69, 9.17) is 0 Å². The number of hydrogen-bond donors (Lipinski definition) is 1. The highest BCUT2D eigenvalue weighted by atomic mass is 14.9. The van der Waals surface area contributed by atoms with Crippen LogP contribution in [0.3, 0.4) is 0 Å². The third-order valence-corrected chi connectivity index (χ3v) is 2.84. The quantitative estimate of drug-likeness (QED) is 0.578. The van der Waals surface area contributed by atoms with Crippen LogP contribution in [0.25, 0.3) is 0 Å². The van der Waals surface area contributed by atoms with E-state index in [0.29, 0.717) is 5.41 Å². The lowest BCUT2D eigenvalue weighted by Crippen LogP contribution is -2.39. The molecule has 0 radical (unpaired) electrons. The van der Waals surface area contributed by atoms with Crippen LogP contribution in [0.5, 0.6) is 0 Å². The Kier molecular flexibility index (Phi) is 1.75. The maximum atomic E-state index is 3.52. The maximum absolute atomic E-state index is 3.52. The fourth-order valence-electron chi connectivity index (χ4n) is 2.15. The van der Waals surface area contributed by atoms with Gasteiger partial charge in [0.1, 0.15) is 0 Å². The van der Waals surface area contributed by atoms with Crippen molar-refractivity contribution in [3.63, 3.8) is 0 Å². The van der Waals surface area contributed by atoms with E-state index in [2.05, 4.69) is 37.4 Å². The molecule has 1 N–H and O–H groups in total. The highest BCUT2D eigenvalue weighted by Crippen LogP contribution is 2.36. The first kappa shape index (κ1) is 7.90. The first-order chi connectivity index (χ1) is 5.67. The number of rotatable bonds is 0. The summed E-state index contributed by atoms with van der Waals surface area (Å²) in [5.74, 6) is 0.763. The lowest BCUT2D eigenvalue weighted by molar-refractivity contribution is 0.233. The van der Waals surface area contributed by atoms with Gasteiger partial charge in [0.05, 0.1) is 0 Å². The van der Waals surface area contributed by atoms with Gasteiger partial charge in [0.2, 0.25) is 0 Å². The van der Waals surface area contributed by atoms with E-state index < -0.39 is 0 Å². The van der Waals surface area contributed by atoms with E-state index in [1.165, 1.54) is 18.5 Å². The molecule has 0 saturated carbocycles. The van der Waals surface area contributed by atoms with Crippen LogP contribution in [0.4, 0.5) is 0 Å². The Bertz CT molecular complexity index is 235. The van der Waals surface area contributed by atoms with Crippen LogP contribution in [0.1, 0.15) is 26.7 Å². The van der Waals surface area contributed by atoms with Crippen LogP contribution in [-0.4, -0.2) is 6.54 Å². The Morgan fingerprint density at radius 1 is 1.50 bits per heavy atom. The molecule has 2 rings (SSSR count). The second-order valence-electron chi connectivity index (χ2n) is 4.70. The minimum absolute atomic E-state index is 0.479. The summed E-state index contributed by atoms with van der Waals surface area (Å²) in [6.45, 7) is 5.81. The van der Waals surface area contributed by atoms with Crippen LogP contribution in [0.15, 0.2) is 23.9 Å². The van der Waals surface area contributed by atoms with Crippen molar-refractivity contribution in [1.82, 2.24) is 5.32 Å². The minimum atomic E-state index is 0.479. The molecule has 0 aromatic carbocycles. The summed E-state index contributed by atoms with van der Waals surface area (Å²) in [7, 11) is 0. The lowest BCUT2D eigenvalue weighted by Gasteiger charge is -2.38. The zero-order valence-corrected chi connectivity index (χ0v) is 7.93. The lowest BCUT2D eigenvalue weighted by atomic mass is 9.75. The number of fused-ring (bicyclic) bond motifs is 1. The van der Waals surface area contributed by atoms with Gasteiger partial charge in [-0.05, 0) is 24.3 Å². The zero-order valence-electron chi connectivity index (χ0n) is 7.93. The number of piperidine rings is 1. The summed E-state index contributed by atoms with van der Waals surface area (Å²) in [6, 6.07) is 0. The van der Waals surface area contributed by atoms with Crippen LogP contribution in [-0.2, 0) is 0 Å². The van der Waals surface area contributed by atoms with Gasteiger partial charge < -0.3 is 5.32 Å². The zero-order chi connectivity index (χ0) is 8.60. The van der Waals surface area contributed by atoms with Gasteiger partial charge in [0, 0.05) is 18.2 Å². The maximum Gasteiger partial charge on any atom is 0.0195 e. The smallest absolute Gasteiger partial charge is 0.0195 e. The second kappa shape index (κ2) is 2.65. The molecule has 12 heavy (non-hydrogen) atoms. The Morgan fingerprint density at radius 2 is 2.33 bits per heavy atom. The summed E-state index contributed by atoms with van der Waals surface area (Å²) >= 11 is 0. The van der Waals surface area contributed by atoms with Crippen molar-refractivity contribution in [2.45, 2.75) is 26.7 Å². The average molecular weight is 163 g/mol. The van der Waals surface area contributed by atoms with Gasteiger partial charge in [-0.2, -0.15) is 0 Å². The Balaban J connectivity index is 2.14. The molecule has 1 nitrogen and oxygen atoms in total. The summed E-state index contributed by atoms with van der Waals surface area (Å²) < 4.78 is 0. The standard InChI is InChI=1S/C11H17N/c1-11(2)7-9-5-3-4-6-10(9)12-8-11/h3-4,6,9,12H,5,7-8H2,1-2H3. The second-order valence-corrected chi connectivity index (χ2v) is 4.70. The summed E-state index contributed by atoms with van der Waals surface area (Å²) in [6.07, 6.45) is 9.22. The minimum Gasteiger partial charge on any atom is -0.388 e. The summed E-state index contributed by atoms with van der Waals surface area (Å²) in [5.41, 5.74) is 1.93. The highest BCUT2D eigenvalue weighted by Gasteiger charge is 2.30. The molecule has 0 bridgehead atoms. The topological polar surface area (TPSA) is 12.0 Å².